The summed E-state index contributed by atoms with van der Waals surface area (Å²) in [5.74, 6) is 7.74. The summed E-state index contributed by atoms with van der Waals surface area (Å²) in [6, 6.07) is 6.02. The van der Waals surface area contributed by atoms with Crippen molar-refractivity contribution in [3.8, 4) is 23.3 Å². The van der Waals surface area contributed by atoms with Crippen molar-refractivity contribution in [2.75, 3.05) is 19.9 Å². The van der Waals surface area contributed by atoms with Gasteiger partial charge in [-0.15, -0.1) is 6.58 Å². The van der Waals surface area contributed by atoms with Gasteiger partial charge in [0, 0.05) is 13.1 Å². The summed E-state index contributed by atoms with van der Waals surface area (Å²) < 4.78 is 10.7. The van der Waals surface area contributed by atoms with Crippen molar-refractivity contribution in [3.05, 3.63) is 48.6 Å². The summed E-state index contributed by atoms with van der Waals surface area (Å²) in [7, 11) is 0. The van der Waals surface area contributed by atoms with E-state index in [1.165, 1.54) is 5.56 Å². The van der Waals surface area contributed by atoms with Crippen LogP contribution in [-0.2, 0) is 6.54 Å². The van der Waals surface area contributed by atoms with Crippen molar-refractivity contribution < 1.29 is 9.47 Å². The maximum Gasteiger partial charge on any atom is 0.231 e. The van der Waals surface area contributed by atoms with Crippen LogP contribution >= 0.6 is 0 Å². The van der Waals surface area contributed by atoms with E-state index in [4.69, 9.17) is 9.47 Å². The first-order valence-corrected chi connectivity index (χ1v) is 6.55. The van der Waals surface area contributed by atoms with Gasteiger partial charge >= 0.3 is 0 Å². The van der Waals surface area contributed by atoms with E-state index in [1.807, 2.05) is 25.1 Å². The summed E-state index contributed by atoms with van der Waals surface area (Å²) in [4.78, 5) is 2.21. The maximum atomic E-state index is 5.39. The molecule has 104 valence electrons. The van der Waals surface area contributed by atoms with Crippen LogP contribution in [0.2, 0.25) is 0 Å². The molecule has 1 aromatic carbocycles. The number of hydrogen-bond acceptors (Lipinski definition) is 3. The fourth-order valence-corrected chi connectivity index (χ4v) is 1.97. The van der Waals surface area contributed by atoms with E-state index in [0.717, 1.165) is 30.2 Å². The lowest BCUT2D eigenvalue weighted by Crippen LogP contribution is -2.23. The lowest BCUT2D eigenvalue weighted by Gasteiger charge is -2.17. The van der Waals surface area contributed by atoms with Gasteiger partial charge in [0.15, 0.2) is 11.5 Å². The molecule has 0 amide bonds. The molecule has 0 aromatic heterocycles. The number of rotatable bonds is 5. The second-order valence-corrected chi connectivity index (χ2v) is 4.73. The molecule has 0 fully saturated rings. The predicted octanol–water partition coefficient (Wildman–Crippen LogP) is 2.98. The molecule has 0 saturated carbocycles. The van der Waals surface area contributed by atoms with Gasteiger partial charge in [-0.25, -0.2) is 0 Å². The van der Waals surface area contributed by atoms with Gasteiger partial charge in [-0.3, -0.25) is 4.90 Å². The molecule has 1 aliphatic heterocycles. The third-order valence-electron chi connectivity index (χ3n) is 2.83. The molecule has 0 spiro atoms. The van der Waals surface area contributed by atoms with E-state index < -0.39 is 0 Å². The Labute approximate surface area is 120 Å². The zero-order valence-corrected chi connectivity index (χ0v) is 11.8. The molecule has 1 heterocycles. The fraction of sp³-hybridized carbons (Fsp3) is 0.294. The Kier molecular flexibility index (Phi) is 4.86. The molecule has 0 aliphatic carbocycles. The molecule has 0 bridgehead atoms. The second-order valence-electron chi connectivity index (χ2n) is 4.73. The van der Waals surface area contributed by atoms with Crippen molar-refractivity contribution in [1.29, 1.82) is 0 Å². The minimum atomic E-state index is 0.305. The van der Waals surface area contributed by atoms with E-state index in [-0.39, 0.29) is 0 Å². The van der Waals surface area contributed by atoms with Gasteiger partial charge in [-0.05, 0) is 30.2 Å². The summed E-state index contributed by atoms with van der Waals surface area (Å²) >= 11 is 0. The molecule has 20 heavy (non-hydrogen) atoms. The highest BCUT2D eigenvalue weighted by Gasteiger charge is 2.14. The molecule has 3 nitrogen and oxygen atoms in total. The number of ether oxygens (including phenoxy) is 2. The fourth-order valence-electron chi connectivity index (χ4n) is 1.97. The minimum absolute atomic E-state index is 0.305. The van der Waals surface area contributed by atoms with Gasteiger partial charge in [0.05, 0.1) is 6.54 Å². The summed E-state index contributed by atoms with van der Waals surface area (Å²) in [5, 5.41) is 0. The SMILES string of the molecule is C=CCN(CC#CC(=C)C)Cc1ccc2c(c1)OCO2. The third kappa shape index (κ3) is 3.91. The number of allylic oxidation sites excluding steroid dienone is 1. The summed E-state index contributed by atoms with van der Waals surface area (Å²) in [5.41, 5.74) is 2.06. The van der Waals surface area contributed by atoms with Crippen LogP contribution in [0.5, 0.6) is 11.5 Å². The average Bonchev–Trinajstić information content (AvgIpc) is 2.86. The van der Waals surface area contributed by atoms with Crippen molar-refractivity contribution in [1.82, 2.24) is 4.90 Å². The second kappa shape index (κ2) is 6.83. The number of nitrogens with zero attached hydrogens (tertiary/aromatic N) is 1. The van der Waals surface area contributed by atoms with Crippen LogP contribution in [0, 0.1) is 11.8 Å². The molecule has 2 rings (SSSR count). The van der Waals surface area contributed by atoms with Crippen molar-refractivity contribution >= 4 is 0 Å². The van der Waals surface area contributed by atoms with Crippen LogP contribution in [0.25, 0.3) is 0 Å². The van der Waals surface area contributed by atoms with Crippen LogP contribution < -0.4 is 9.47 Å². The highest BCUT2D eigenvalue weighted by molar-refractivity contribution is 5.44. The lowest BCUT2D eigenvalue weighted by atomic mass is 10.2. The molecule has 1 aliphatic rings. The predicted molar refractivity (Wildman–Crippen MR) is 80.6 cm³/mol. The van der Waals surface area contributed by atoms with Crippen LogP contribution in [0.15, 0.2) is 43.0 Å². The molecule has 3 heteroatoms. The Morgan fingerprint density at radius 1 is 1.40 bits per heavy atom. The summed E-state index contributed by atoms with van der Waals surface area (Å²) in [6.07, 6.45) is 1.88. The third-order valence-corrected chi connectivity index (χ3v) is 2.83. The smallest absolute Gasteiger partial charge is 0.231 e. The van der Waals surface area contributed by atoms with E-state index in [0.29, 0.717) is 13.3 Å². The van der Waals surface area contributed by atoms with E-state index in [1.54, 1.807) is 0 Å². The topological polar surface area (TPSA) is 21.7 Å². The molecule has 0 atom stereocenters. The molecular weight excluding hydrogens is 250 g/mol. The van der Waals surface area contributed by atoms with E-state index in [9.17, 15) is 0 Å². The van der Waals surface area contributed by atoms with Crippen molar-refractivity contribution in [3.63, 3.8) is 0 Å². The van der Waals surface area contributed by atoms with Gasteiger partial charge in [-0.1, -0.05) is 30.6 Å². The Bertz CT molecular complexity index is 566. The van der Waals surface area contributed by atoms with Crippen LogP contribution in [0.1, 0.15) is 12.5 Å². The first kappa shape index (κ1) is 14.2. The standard InChI is InChI=1S/C17H19NO2/c1-4-9-18(10-5-6-14(2)3)12-15-7-8-16-17(11-15)20-13-19-16/h4,7-8,11H,1-2,9-10,12-13H2,3H3. The van der Waals surface area contributed by atoms with Crippen LogP contribution in [0.3, 0.4) is 0 Å². The largest absolute Gasteiger partial charge is 0.454 e. The Morgan fingerprint density at radius 3 is 2.95 bits per heavy atom. The molecular formula is C17H19NO2. The number of fused-ring (bicyclic) bond motifs is 1. The molecule has 1 aromatic rings. The average molecular weight is 269 g/mol. The van der Waals surface area contributed by atoms with Gasteiger partial charge in [0.1, 0.15) is 0 Å². The Morgan fingerprint density at radius 2 is 2.20 bits per heavy atom. The normalized spacial score (nSPS) is 11.9. The van der Waals surface area contributed by atoms with E-state index in [2.05, 4.69) is 36.0 Å². The Balaban J connectivity index is 2.02. The zero-order chi connectivity index (χ0) is 14.4. The highest BCUT2D eigenvalue weighted by atomic mass is 16.7. The highest BCUT2D eigenvalue weighted by Crippen LogP contribution is 2.32. The first-order valence-electron chi connectivity index (χ1n) is 6.55. The van der Waals surface area contributed by atoms with Gasteiger partial charge in [-0.2, -0.15) is 0 Å². The Hall–Kier alpha value is -2.18. The van der Waals surface area contributed by atoms with Gasteiger partial charge in [0.2, 0.25) is 6.79 Å². The molecule has 0 unspecified atom stereocenters. The quantitative estimate of drug-likeness (QED) is 0.606. The van der Waals surface area contributed by atoms with Crippen LogP contribution in [-0.4, -0.2) is 24.8 Å². The molecule has 0 saturated heterocycles. The maximum absolute atomic E-state index is 5.39. The van der Waals surface area contributed by atoms with Crippen molar-refractivity contribution in [2.45, 2.75) is 13.5 Å². The number of hydrogen-bond donors (Lipinski definition) is 0. The van der Waals surface area contributed by atoms with E-state index >= 15 is 0 Å². The van der Waals surface area contributed by atoms with Gasteiger partial charge in [0.25, 0.3) is 0 Å². The van der Waals surface area contributed by atoms with Crippen molar-refractivity contribution in [2.24, 2.45) is 0 Å². The summed E-state index contributed by atoms with van der Waals surface area (Å²) in [6.45, 7) is 12.1. The lowest BCUT2D eigenvalue weighted by molar-refractivity contribution is 0.174. The monoisotopic (exact) mass is 269 g/mol. The number of benzene rings is 1. The minimum Gasteiger partial charge on any atom is -0.454 e. The molecule has 0 N–H and O–H groups in total. The first-order chi connectivity index (χ1) is 9.69. The van der Waals surface area contributed by atoms with Crippen LogP contribution in [0.4, 0.5) is 0 Å². The van der Waals surface area contributed by atoms with Gasteiger partial charge < -0.3 is 9.47 Å². The molecule has 0 radical (unpaired) electrons. The zero-order valence-electron chi connectivity index (χ0n) is 11.8.